The standard InChI is InChI=1S/C17H26FNO2/c1-19(2)17(10-6-4-5-7-11-17)16(20)13-8-9-15(21-3)14(18)12-13/h8-9,12,16,20H,4-7,10-11H2,1-3H3. The highest BCUT2D eigenvalue weighted by Crippen LogP contribution is 2.41. The van der Waals surface area contributed by atoms with Crippen LogP contribution in [0, 0.1) is 5.82 Å². The molecule has 0 heterocycles. The predicted molar refractivity (Wildman–Crippen MR) is 82.0 cm³/mol. The van der Waals surface area contributed by atoms with Crippen molar-refractivity contribution in [2.75, 3.05) is 21.2 Å². The molecule has 118 valence electrons. The van der Waals surface area contributed by atoms with Crippen LogP contribution in [0.15, 0.2) is 18.2 Å². The Labute approximate surface area is 126 Å². The summed E-state index contributed by atoms with van der Waals surface area (Å²) in [4.78, 5) is 2.12. The summed E-state index contributed by atoms with van der Waals surface area (Å²) in [6, 6.07) is 4.76. The van der Waals surface area contributed by atoms with Crippen LogP contribution in [-0.2, 0) is 0 Å². The van der Waals surface area contributed by atoms with Crippen molar-refractivity contribution < 1.29 is 14.2 Å². The molecule has 1 aliphatic carbocycles. The highest BCUT2D eigenvalue weighted by atomic mass is 19.1. The highest BCUT2D eigenvalue weighted by molar-refractivity contribution is 5.32. The largest absolute Gasteiger partial charge is 0.494 e. The van der Waals surface area contributed by atoms with E-state index in [2.05, 4.69) is 4.90 Å². The smallest absolute Gasteiger partial charge is 0.165 e. The number of rotatable bonds is 4. The fourth-order valence-electron chi connectivity index (χ4n) is 3.47. The van der Waals surface area contributed by atoms with Gasteiger partial charge in [-0.25, -0.2) is 4.39 Å². The van der Waals surface area contributed by atoms with Gasteiger partial charge in [0.2, 0.25) is 0 Å². The molecule has 1 fully saturated rings. The Morgan fingerprint density at radius 2 is 1.81 bits per heavy atom. The van der Waals surface area contributed by atoms with Crippen LogP contribution in [0.1, 0.15) is 50.2 Å². The molecule has 0 radical (unpaired) electrons. The molecule has 2 rings (SSSR count). The second-order valence-electron chi connectivity index (χ2n) is 6.21. The van der Waals surface area contributed by atoms with E-state index >= 15 is 0 Å². The number of methoxy groups -OCH3 is 1. The van der Waals surface area contributed by atoms with Crippen molar-refractivity contribution >= 4 is 0 Å². The van der Waals surface area contributed by atoms with E-state index in [1.54, 1.807) is 12.1 Å². The fourth-order valence-corrected chi connectivity index (χ4v) is 3.47. The lowest BCUT2D eigenvalue weighted by Gasteiger charge is -2.43. The summed E-state index contributed by atoms with van der Waals surface area (Å²) < 4.78 is 18.9. The van der Waals surface area contributed by atoms with Crippen LogP contribution in [0.3, 0.4) is 0 Å². The first-order valence-electron chi connectivity index (χ1n) is 7.70. The minimum atomic E-state index is -0.689. The van der Waals surface area contributed by atoms with Gasteiger partial charge in [-0.2, -0.15) is 0 Å². The van der Waals surface area contributed by atoms with Gasteiger partial charge in [0.05, 0.1) is 18.8 Å². The normalized spacial score (nSPS) is 20.1. The Morgan fingerprint density at radius 3 is 2.29 bits per heavy atom. The molecule has 1 unspecified atom stereocenters. The average molecular weight is 295 g/mol. The van der Waals surface area contributed by atoms with E-state index < -0.39 is 11.9 Å². The number of nitrogens with zero attached hydrogens (tertiary/aromatic N) is 1. The van der Waals surface area contributed by atoms with Gasteiger partial charge in [0, 0.05) is 0 Å². The molecule has 4 heteroatoms. The summed E-state index contributed by atoms with van der Waals surface area (Å²) in [5.41, 5.74) is 0.321. The third-order valence-corrected chi connectivity index (χ3v) is 4.86. The number of hydrogen-bond acceptors (Lipinski definition) is 3. The molecule has 0 bridgehead atoms. The Morgan fingerprint density at radius 1 is 1.19 bits per heavy atom. The second-order valence-corrected chi connectivity index (χ2v) is 6.21. The van der Waals surface area contributed by atoms with Crippen molar-refractivity contribution in [3.05, 3.63) is 29.6 Å². The monoisotopic (exact) mass is 295 g/mol. The van der Waals surface area contributed by atoms with Gasteiger partial charge in [0.1, 0.15) is 0 Å². The molecule has 1 aliphatic rings. The fraction of sp³-hybridized carbons (Fsp3) is 0.647. The zero-order chi connectivity index (χ0) is 15.5. The van der Waals surface area contributed by atoms with Gasteiger partial charge >= 0.3 is 0 Å². The molecule has 21 heavy (non-hydrogen) atoms. The van der Waals surface area contributed by atoms with Gasteiger partial charge in [-0.3, -0.25) is 0 Å². The van der Waals surface area contributed by atoms with Crippen LogP contribution < -0.4 is 4.74 Å². The Hall–Kier alpha value is -1.13. The van der Waals surface area contributed by atoms with Crippen molar-refractivity contribution in [2.24, 2.45) is 0 Å². The first-order chi connectivity index (χ1) is 10.0. The molecule has 0 aliphatic heterocycles. The molecule has 0 aromatic heterocycles. The molecule has 0 spiro atoms. The summed E-state index contributed by atoms with van der Waals surface area (Å²) in [6.45, 7) is 0. The molecule has 0 saturated heterocycles. The zero-order valence-electron chi connectivity index (χ0n) is 13.2. The lowest BCUT2D eigenvalue weighted by atomic mass is 9.80. The quantitative estimate of drug-likeness (QED) is 0.863. The van der Waals surface area contributed by atoms with Gasteiger partial charge < -0.3 is 14.7 Å². The maximum Gasteiger partial charge on any atom is 0.165 e. The van der Waals surface area contributed by atoms with Crippen molar-refractivity contribution in [2.45, 2.75) is 50.2 Å². The molecular formula is C17H26FNO2. The summed E-state index contributed by atoms with van der Waals surface area (Å²) in [5, 5.41) is 10.9. The summed E-state index contributed by atoms with van der Waals surface area (Å²) in [5.74, 6) is -0.206. The molecular weight excluding hydrogens is 269 g/mol. The summed E-state index contributed by atoms with van der Waals surface area (Å²) >= 11 is 0. The lowest BCUT2D eigenvalue weighted by Crippen LogP contribution is -2.49. The number of likely N-dealkylation sites (N-methyl/N-ethyl adjacent to an activating group) is 1. The third kappa shape index (κ3) is 3.22. The van der Waals surface area contributed by atoms with Gasteiger partial charge in [0.25, 0.3) is 0 Å². The number of ether oxygens (including phenoxy) is 1. The van der Waals surface area contributed by atoms with Gasteiger partial charge in [-0.1, -0.05) is 31.7 Å². The minimum absolute atomic E-state index is 0.214. The zero-order valence-corrected chi connectivity index (χ0v) is 13.2. The Balaban J connectivity index is 2.33. The first-order valence-corrected chi connectivity index (χ1v) is 7.70. The third-order valence-electron chi connectivity index (χ3n) is 4.86. The van der Waals surface area contributed by atoms with Crippen molar-refractivity contribution in [1.82, 2.24) is 4.90 Å². The minimum Gasteiger partial charge on any atom is -0.494 e. The first kappa shape index (κ1) is 16.2. The highest BCUT2D eigenvalue weighted by Gasteiger charge is 2.41. The maximum atomic E-state index is 13.9. The van der Waals surface area contributed by atoms with E-state index in [4.69, 9.17) is 4.74 Å². The van der Waals surface area contributed by atoms with Gasteiger partial charge in [-0.05, 0) is 44.6 Å². The number of halogens is 1. The van der Waals surface area contributed by atoms with Gasteiger partial charge in [-0.15, -0.1) is 0 Å². The SMILES string of the molecule is COc1ccc(C(O)C2(N(C)C)CCCCCC2)cc1F. The van der Waals surface area contributed by atoms with Crippen LogP contribution >= 0.6 is 0 Å². The van der Waals surface area contributed by atoms with Crippen LogP contribution in [0.4, 0.5) is 4.39 Å². The Kier molecular flexibility index (Phi) is 5.22. The molecule has 1 saturated carbocycles. The topological polar surface area (TPSA) is 32.7 Å². The van der Waals surface area contributed by atoms with E-state index in [1.807, 2.05) is 14.1 Å². The number of aliphatic hydroxyl groups is 1. The average Bonchev–Trinajstić information content (AvgIpc) is 2.73. The van der Waals surface area contributed by atoms with E-state index in [1.165, 1.54) is 26.0 Å². The van der Waals surface area contributed by atoms with Crippen molar-refractivity contribution in [1.29, 1.82) is 0 Å². The van der Waals surface area contributed by atoms with E-state index in [0.29, 0.717) is 5.56 Å². The van der Waals surface area contributed by atoms with Crippen molar-refractivity contribution in [3.8, 4) is 5.75 Å². The van der Waals surface area contributed by atoms with Crippen molar-refractivity contribution in [3.63, 3.8) is 0 Å². The van der Waals surface area contributed by atoms with E-state index in [0.717, 1.165) is 25.7 Å². The van der Waals surface area contributed by atoms with Crippen LogP contribution in [0.25, 0.3) is 0 Å². The van der Waals surface area contributed by atoms with E-state index in [9.17, 15) is 9.50 Å². The van der Waals surface area contributed by atoms with E-state index in [-0.39, 0.29) is 11.3 Å². The summed E-state index contributed by atoms with van der Waals surface area (Å²) in [7, 11) is 5.46. The molecule has 0 amide bonds. The Bertz CT molecular complexity index is 468. The lowest BCUT2D eigenvalue weighted by molar-refractivity contribution is -0.0200. The van der Waals surface area contributed by atoms with Crippen LogP contribution in [-0.4, -0.2) is 36.8 Å². The maximum absolute atomic E-state index is 13.9. The number of hydrogen-bond donors (Lipinski definition) is 1. The molecule has 1 aromatic carbocycles. The number of aliphatic hydroxyl groups excluding tert-OH is 1. The second kappa shape index (κ2) is 6.75. The molecule has 3 nitrogen and oxygen atoms in total. The molecule has 1 atom stereocenters. The molecule has 1 aromatic rings. The van der Waals surface area contributed by atoms with Gasteiger partial charge in [0.15, 0.2) is 11.6 Å². The molecule has 1 N–H and O–H groups in total. The van der Waals surface area contributed by atoms with Crippen LogP contribution in [0.5, 0.6) is 5.75 Å². The summed E-state index contributed by atoms with van der Waals surface area (Å²) in [6.07, 6.45) is 5.82. The van der Waals surface area contributed by atoms with Crippen LogP contribution in [0.2, 0.25) is 0 Å². The predicted octanol–water partition coefficient (Wildman–Crippen LogP) is 3.52. The number of benzene rings is 1.